The lowest BCUT2D eigenvalue weighted by Crippen LogP contribution is -2.06. The molecule has 0 aliphatic carbocycles. The molecule has 0 atom stereocenters. The van der Waals surface area contributed by atoms with Crippen LogP contribution in [0.15, 0.2) is 36.4 Å². The van der Waals surface area contributed by atoms with E-state index in [9.17, 15) is 13.2 Å². The first-order valence-corrected chi connectivity index (χ1v) is 5.86. The minimum absolute atomic E-state index is 0.0469. The number of nitrogens with two attached hydrogens (primary N) is 1. The fourth-order valence-electron chi connectivity index (χ4n) is 1.89. The molecule has 1 aromatic heterocycles. The highest BCUT2D eigenvalue weighted by Gasteiger charge is 2.18. The van der Waals surface area contributed by atoms with Gasteiger partial charge in [-0.3, -0.25) is 0 Å². The first kappa shape index (κ1) is 13.1. The Morgan fingerprint density at radius 1 is 0.952 bits per heavy atom. The van der Waals surface area contributed by atoms with Gasteiger partial charge < -0.3 is 5.73 Å². The highest BCUT2D eigenvalue weighted by atomic mass is 19.1. The second-order valence-corrected chi connectivity index (χ2v) is 4.22. The van der Waals surface area contributed by atoms with Crippen molar-refractivity contribution >= 4 is 5.69 Å². The summed E-state index contributed by atoms with van der Waals surface area (Å²) in [5.41, 5.74) is 5.28. The predicted molar refractivity (Wildman–Crippen MR) is 68.9 cm³/mol. The summed E-state index contributed by atoms with van der Waals surface area (Å²) in [6.45, 7) is 0. The van der Waals surface area contributed by atoms with E-state index in [0.717, 1.165) is 22.9 Å². The third kappa shape index (κ3) is 2.20. The third-order valence-electron chi connectivity index (χ3n) is 2.87. The zero-order chi connectivity index (χ0) is 15.0. The van der Waals surface area contributed by atoms with E-state index in [1.165, 1.54) is 18.2 Å². The normalized spacial score (nSPS) is 10.8. The van der Waals surface area contributed by atoms with Crippen molar-refractivity contribution in [3.05, 3.63) is 53.8 Å². The van der Waals surface area contributed by atoms with Gasteiger partial charge in [-0.2, -0.15) is 4.68 Å². The van der Waals surface area contributed by atoms with Crippen LogP contribution in [0.5, 0.6) is 0 Å². The van der Waals surface area contributed by atoms with Crippen molar-refractivity contribution in [2.45, 2.75) is 0 Å². The summed E-state index contributed by atoms with van der Waals surface area (Å²) >= 11 is 0. The summed E-state index contributed by atoms with van der Waals surface area (Å²) in [4.78, 5) is 0. The van der Waals surface area contributed by atoms with Crippen molar-refractivity contribution in [1.29, 1.82) is 0 Å². The smallest absolute Gasteiger partial charge is 0.187 e. The number of hydrogen-bond donors (Lipinski definition) is 1. The number of para-hydroxylation sites is 1. The van der Waals surface area contributed by atoms with Gasteiger partial charge >= 0.3 is 0 Å². The largest absolute Gasteiger partial charge is 0.396 e. The van der Waals surface area contributed by atoms with Crippen molar-refractivity contribution in [1.82, 2.24) is 20.2 Å². The molecule has 0 spiro atoms. The minimum atomic E-state index is -0.821. The number of nitrogens with zero attached hydrogens (tertiary/aromatic N) is 4. The number of nitrogen functional groups attached to an aromatic ring is 1. The van der Waals surface area contributed by atoms with Crippen LogP contribution >= 0.6 is 0 Å². The predicted octanol–water partition coefficient (Wildman–Crippen LogP) is 2.33. The molecular weight excluding hydrogens is 283 g/mol. The summed E-state index contributed by atoms with van der Waals surface area (Å²) in [5.74, 6) is -2.20. The van der Waals surface area contributed by atoms with Crippen LogP contribution in [-0.2, 0) is 0 Å². The molecule has 0 aliphatic heterocycles. The number of tetrazole rings is 1. The molecule has 0 amide bonds. The van der Waals surface area contributed by atoms with Gasteiger partial charge in [-0.15, -0.1) is 5.10 Å². The van der Waals surface area contributed by atoms with Crippen molar-refractivity contribution in [2.24, 2.45) is 0 Å². The molecule has 3 aromatic rings. The first-order valence-electron chi connectivity index (χ1n) is 5.86. The van der Waals surface area contributed by atoms with Crippen LogP contribution in [0.25, 0.3) is 17.1 Å². The summed E-state index contributed by atoms with van der Waals surface area (Å²) in [5, 5.41) is 10.7. The van der Waals surface area contributed by atoms with E-state index in [4.69, 9.17) is 5.73 Å². The van der Waals surface area contributed by atoms with Crippen LogP contribution in [0.4, 0.5) is 18.9 Å². The lowest BCUT2D eigenvalue weighted by molar-refractivity contribution is 0.557. The maximum Gasteiger partial charge on any atom is 0.187 e. The standard InChI is InChI=1S/C13H8F3N5/c14-8-5-4-7(6-11(8)17)13-18-19-20-21(13)12-9(15)2-1-3-10(12)16/h1-6H,17H2. The van der Waals surface area contributed by atoms with Crippen LogP contribution < -0.4 is 5.73 Å². The SMILES string of the molecule is Nc1cc(-c2nnnn2-c2c(F)cccc2F)ccc1F. The van der Waals surface area contributed by atoms with E-state index in [1.807, 2.05) is 0 Å². The number of benzene rings is 2. The van der Waals surface area contributed by atoms with Gasteiger partial charge in [-0.1, -0.05) is 6.07 Å². The molecule has 2 aromatic carbocycles. The van der Waals surface area contributed by atoms with Gasteiger partial charge in [0, 0.05) is 5.56 Å². The number of anilines is 1. The lowest BCUT2D eigenvalue weighted by atomic mass is 10.2. The Hall–Kier alpha value is -2.90. The zero-order valence-electron chi connectivity index (χ0n) is 10.5. The quantitative estimate of drug-likeness (QED) is 0.736. The number of halogens is 3. The monoisotopic (exact) mass is 291 g/mol. The Morgan fingerprint density at radius 2 is 1.67 bits per heavy atom. The molecule has 106 valence electrons. The molecule has 0 unspecified atom stereocenters. The minimum Gasteiger partial charge on any atom is -0.396 e. The van der Waals surface area contributed by atoms with Gasteiger partial charge in [0.25, 0.3) is 0 Å². The zero-order valence-corrected chi connectivity index (χ0v) is 10.5. The highest BCUT2D eigenvalue weighted by molar-refractivity contribution is 5.63. The molecular formula is C13H8F3N5. The summed E-state index contributed by atoms with van der Waals surface area (Å²) in [6.07, 6.45) is 0. The molecule has 2 N–H and O–H groups in total. The molecule has 0 radical (unpaired) electrons. The number of hydrogen-bond acceptors (Lipinski definition) is 4. The molecule has 1 heterocycles. The molecule has 0 bridgehead atoms. The molecule has 5 nitrogen and oxygen atoms in total. The summed E-state index contributed by atoms with van der Waals surface area (Å²) in [6, 6.07) is 7.18. The topological polar surface area (TPSA) is 69.6 Å². The Balaban J connectivity index is 2.20. The molecule has 0 saturated heterocycles. The van der Waals surface area contributed by atoms with Crippen LogP contribution in [-0.4, -0.2) is 20.2 Å². The van der Waals surface area contributed by atoms with Crippen LogP contribution in [0.1, 0.15) is 0 Å². The number of aromatic nitrogens is 4. The number of rotatable bonds is 2. The van der Waals surface area contributed by atoms with E-state index in [0.29, 0.717) is 5.56 Å². The Labute approximate surface area is 116 Å². The average molecular weight is 291 g/mol. The maximum absolute atomic E-state index is 13.8. The lowest BCUT2D eigenvalue weighted by Gasteiger charge is -2.07. The van der Waals surface area contributed by atoms with Crippen LogP contribution in [0, 0.1) is 17.5 Å². The molecule has 0 fully saturated rings. The van der Waals surface area contributed by atoms with Gasteiger partial charge in [0.1, 0.15) is 11.5 Å². The van der Waals surface area contributed by atoms with Gasteiger partial charge in [-0.05, 0) is 40.8 Å². The van der Waals surface area contributed by atoms with E-state index in [-0.39, 0.29) is 11.5 Å². The molecule has 0 saturated carbocycles. The second kappa shape index (κ2) is 4.89. The fourth-order valence-corrected chi connectivity index (χ4v) is 1.89. The fraction of sp³-hybridized carbons (Fsp3) is 0. The molecule has 0 aliphatic rings. The maximum atomic E-state index is 13.8. The Bertz CT molecular complexity index is 795. The molecule has 8 heteroatoms. The van der Waals surface area contributed by atoms with Crippen molar-refractivity contribution in [3.8, 4) is 17.1 Å². The summed E-state index contributed by atoms with van der Waals surface area (Å²) in [7, 11) is 0. The van der Waals surface area contributed by atoms with E-state index < -0.39 is 23.1 Å². The first-order chi connectivity index (χ1) is 10.1. The second-order valence-electron chi connectivity index (χ2n) is 4.22. The van der Waals surface area contributed by atoms with E-state index >= 15 is 0 Å². The summed E-state index contributed by atoms with van der Waals surface area (Å²) < 4.78 is 41.7. The van der Waals surface area contributed by atoms with Crippen LogP contribution in [0.3, 0.4) is 0 Å². The van der Waals surface area contributed by atoms with Crippen molar-refractivity contribution < 1.29 is 13.2 Å². The average Bonchev–Trinajstić information content (AvgIpc) is 2.91. The van der Waals surface area contributed by atoms with Crippen LogP contribution in [0.2, 0.25) is 0 Å². The van der Waals surface area contributed by atoms with E-state index in [1.54, 1.807) is 0 Å². The van der Waals surface area contributed by atoms with Gasteiger partial charge in [0.05, 0.1) is 5.69 Å². The van der Waals surface area contributed by atoms with Crippen molar-refractivity contribution in [3.63, 3.8) is 0 Å². The Morgan fingerprint density at radius 3 is 2.33 bits per heavy atom. The third-order valence-corrected chi connectivity index (χ3v) is 2.87. The van der Waals surface area contributed by atoms with Gasteiger partial charge in [0.15, 0.2) is 17.5 Å². The highest BCUT2D eigenvalue weighted by Crippen LogP contribution is 2.25. The van der Waals surface area contributed by atoms with E-state index in [2.05, 4.69) is 15.5 Å². The molecule has 21 heavy (non-hydrogen) atoms. The van der Waals surface area contributed by atoms with Crippen molar-refractivity contribution in [2.75, 3.05) is 5.73 Å². The molecule has 3 rings (SSSR count). The van der Waals surface area contributed by atoms with Gasteiger partial charge in [-0.25, -0.2) is 13.2 Å². The Kier molecular flexibility index (Phi) is 3.05. The van der Waals surface area contributed by atoms with Gasteiger partial charge in [0.2, 0.25) is 0 Å².